The molecule has 4 heteroatoms. The van der Waals surface area contributed by atoms with Crippen LogP contribution < -0.4 is 10.2 Å². The maximum atomic E-state index is 4.93. The summed E-state index contributed by atoms with van der Waals surface area (Å²) in [4.78, 5) is 12.2. The molecule has 0 radical (unpaired) electrons. The van der Waals surface area contributed by atoms with Gasteiger partial charge in [0.15, 0.2) is 0 Å². The quantitative estimate of drug-likeness (QED) is 0.899. The molecule has 2 atom stereocenters. The molecule has 1 aromatic heterocycles. The SMILES string of the molecule is CCCNc1nc(C2CC2)nc(N2CC(C)C(C)C2)c1C. The molecular formula is C17H28N4. The Bertz CT molecular complexity index is 500. The molecule has 2 fully saturated rings. The fourth-order valence-corrected chi connectivity index (χ4v) is 3.07. The van der Waals surface area contributed by atoms with E-state index in [0.29, 0.717) is 5.92 Å². The monoisotopic (exact) mass is 288 g/mol. The van der Waals surface area contributed by atoms with Crippen LogP contribution in [0, 0.1) is 18.8 Å². The zero-order valence-electron chi connectivity index (χ0n) is 13.8. The van der Waals surface area contributed by atoms with Crippen LogP contribution in [-0.2, 0) is 0 Å². The van der Waals surface area contributed by atoms with E-state index in [-0.39, 0.29) is 0 Å². The van der Waals surface area contributed by atoms with Gasteiger partial charge in [-0.15, -0.1) is 0 Å². The molecule has 0 aromatic carbocycles. The minimum Gasteiger partial charge on any atom is -0.370 e. The van der Waals surface area contributed by atoms with E-state index in [0.717, 1.165) is 49.5 Å². The van der Waals surface area contributed by atoms with Crippen molar-refractivity contribution < 1.29 is 0 Å². The average Bonchev–Trinajstić information content (AvgIpc) is 3.25. The Morgan fingerprint density at radius 2 is 1.81 bits per heavy atom. The van der Waals surface area contributed by atoms with E-state index in [1.54, 1.807) is 0 Å². The second kappa shape index (κ2) is 5.82. The summed E-state index contributed by atoms with van der Waals surface area (Å²) in [5.74, 6) is 5.37. The lowest BCUT2D eigenvalue weighted by atomic mass is 10.0. The molecule has 2 aliphatic rings. The van der Waals surface area contributed by atoms with Crippen molar-refractivity contribution in [2.45, 2.75) is 52.9 Å². The number of anilines is 2. The second-order valence-corrected chi connectivity index (χ2v) is 6.94. The molecule has 1 aliphatic carbocycles. The highest BCUT2D eigenvalue weighted by molar-refractivity contribution is 5.59. The fourth-order valence-electron chi connectivity index (χ4n) is 3.07. The summed E-state index contributed by atoms with van der Waals surface area (Å²) < 4.78 is 0. The van der Waals surface area contributed by atoms with Crippen LogP contribution in [0.5, 0.6) is 0 Å². The number of hydrogen-bond donors (Lipinski definition) is 1. The first-order valence-corrected chi connectivity index (χ1v) is 8.47. The van der Waals surface area contributed by atoms with Gasteiger partial charge in [-0.1, -0.05) is 20.8 Å². The lowest BCUT2D eigenvalue weighted by Crippen LogP contribution is -2.23. The van der Waals surface area contributed by atoms with E-state index < -0.39 is 0 Å². The van der Waals surface area contributed by atoms with E-state index in [1.807, 2.05) is 0 Å². The van der Waals surface area contributed by atoms with Crippen molar-refractivity contribution in [3.8, 4) is 0 Å². The summed E-state index contributed by atoms with van der Waals surface area (Å²) in [5.41, 5.74) is 1.22. The fraction of sp³-hybridized carbons (Fsp3) is 0.765. The van der Waals surface area contributed by atoms with Gasteiger partial charge in [-0.05, 0) is 38.0 Å². The van der Waals surface area contributed by atoms with Crippen LogP contribution in [-0.4, -0.2) is 29.6 Å². The van der Waals surface area contributed by atoms with Crippen LogP contribution in [0.2, 0.25) is 0 Å². The van der Waals surface area contributed by atoms with Crippen molar-refractivity contribution in [3.63, 3.8) is 0 Å². The van der Waals surface area contributed by atoms with E-state index in [4.69, 9.17) is 9.97 Å². The molecule has 21 heavy (non-hydrogen) atoms. The van der Waals surface area contributed by atoms with Crippen LogP contribution in [0.25, 0.3) is 0 Å². The molecule has 0 bridgehead atoms. The van der Waals surface area contributed by atoms with Gasteiger partial charge in [-0.2, -0.15) is 0 Å². The first-order chi connectivity index (χ1) is 10.1. The third kappa shape index (κ3) is 2.99. The highest BCUT2D eigenvalue weighted by Crippen LogP contribution is 2.40. The summed E-state index contributed by atoms with van der Waals surface area (Å²) in [6.07, 6.45) is 3.63. The first-order valence-electron chi connectivity index (χ1n) is 8.47. The second-order valence-electron chi connectivity index (χ2n) is 6.94. The van der Waals surface area contributed by atoms with Crippen LogP contribution >= 0.6 is 0 Å². The van der Waals surface area contributed by atoms with E-state index in [9.17, 15) is 0 Å². The Kier molecular flexibility index (Phi) is 4.05. The van der Waals surface area contributed by atoms with Gasteiger partial charge in [0.25, 0.3) is 0 Å². The molecule has 1 aliphatic heterocycles. The number of rotatable bonds is 5. The molecule has 1 aromatic rings. The van der Waals surface area contributed by atoms with Crippen molar-refractivity contribution in [2.75, 3.05) is 29.9 Å². The van der Waals surface area contributed by atoms with Crippen molar-refractivity contribution >= 4 is 11.6 Å². The number of nitrogens with zero attached hydrogens (tertiary/aromatic N) is 3. The van der Waals surface area contributed by atoms with Gasteiger partial charge in [0, 0.05) is 31.1 Å². The van der Waals surface area contributed by atoms with Gasteiger partial charge in [-0.25, -0.2) is 9.97 Å². The molecule has 0 spiro atoms. The zero-order valence-corrected chi connectivity index (χ0v) is 13.8. The maximum Gasteiger partial charge on any atom is 0.137 e. The lowest BCUT2D eigenvalue weighted by molar-refractivity contribution is 0.494. The zero-order chi connectivity index (χ0) is 15.0. The Morgan fingerprint density at radius 1 is 1.14 bits per heavy atom. The van der Waals surface area contributed by atoms with Crippen LogP contribution in [0.4, 0.5) is 11.6 Å². The summed E-state index contributed by atoms with van der Waals surface area (Å²) >= 11 is 0. The first kappa shape index (κ1) is 14.6. The molecule has 2 heterocycles. The van der Waals surface area contributed by atoms with Crippen molar-refractivity contribution in [1.82, 2.24) is 9.97 Å². The smallest absolute Gasteiger partial charge is 0.137 e. The molecule has 2 unspecified atom stereocenters. The molecule has 0 amide bonds. The molecule has 4 nitrogen and oxygen atoms in total. The topological polar surface area (TPSA) is 41.1 Å². The molecule has 3 rings (SSSR count). The summed E-state index contributed by atoms with van der Waals surface area (Å²) in [6, 6.07) is 0. The molecule has 1 saturated heterocycles. The van der Waals surface area contributed by atoms with Crippen LogP contribution in [0.15, 0.2) is 0 Å². The Labute approximate surface area is 128 Å². The van der Waals surface area contributed by atoms with E-state index >= 15 is 0 Å². The molecular weight excluding hydrogens is 260 g/mol. The highest BCUT2D eigenvalue weighted by atomic mass is 15.2. The van der Waals surface area contributed by atoms with Gasteiger partial charge in [0.1, 0.15) is 17.5 Å². The lowest BCUT2D eigenvalue weighted by Gasteiger charge is -2.22. The van der Waals surface area contributed by atoms with Gasteiger partial charge in [-0.3, -0.25) is 0 Å². The largest absolute Gasteiger partial charge is 0.370 e. The minimum absolute atomic E-state index is 0.601. The van der Waals surface area contributed by atoms with Crippen LogP contribution in [0.1, 0.15) is 57.3 Å². The normalized spacial score (nSPS) is 25.4. The third-order valence-electron chi connectivity index (χ3n) is 4.91. The predicted molar refractivity (Wildman–Crippen MR) is 88.1 cm³/mol. The van der Waals surface area contributed by atoms with E-state index in [1.165, 1.54) is 24.2 Å². The molecule has 1 N–H and O–H groups in total. The number of hydrogen-bond acceptors (Lipinski definition) is 4. The van der Waals surface area contributed by atoms with Crippen LogP contribution in [0.3, 0.4) is 0 Å². The Hall–Kier alpha value is -1.32. The maximum absolute atomic E-state index is 4.93. The van der Waals surface area contributed by atoms with Gasteiger partial charge in [0.2, 0.25) is 0 Å². The Balaban J connectivity index is 1.92. The predicted octanol–water partition coefficient (Wildman–Crippen LogP) is 3.58. The third-order valence-corrected chi connectivity index (χ3v) is 4.91. The Morgan fingerprint density at radius 3 is 2.38 bits per heavy atom. The van der Waals surface area contributed by atoms with Gasteiger partial charge >= 0.3 is 0 Å². The van der Waals surface area contributed by atoms with E-state index in [2.05, 4.69) is 37.9 Å². The van der Waals surface area contributed by atoms with Crippen molar-refractivity contribution in [1.29, 1.82) is 0 Å². The molecule has 1 saturated carbocycles. The standard InChI is InChI=1S/C17H28N4/c1-5-8-18-15-13(4)17(20-16(19-15)14-6-7-14)21-9-11(2)12(3)10-21/h11-12,14H,5-10H2,1-4H3,(H,18,19,20). The minimum atomic E-state index is 0.601. The van der Waals surface area contributed by atoms with Gasteiger partial charge < -0.3 is 10.2 Å². The average molecular weight is 288 g/mol. The van der Waals surface area contributed by atoms with Crippen molar-refractivity contribution in [3.05, 3.63) is 11.4 Å². The summed E-state index contributed by atoms with van der Waals surface area (Å²) in [7, 11) is 0. The molecule has 116 valence electrons. The number of aromatic nitrogens is 2. The summed E-state index contributed by atoms with van der Waals surface area (Å²) in [5, 5.41) is 3.49. The highest BCUT2D eigenvalue weighted by Gasteiger charge is 2.32. The van der Waals surface area contributed by atoms with Crippen molar-refractivity contribution in [2.24, 2.45) is 11.8 Å². The summed E-state index contributed by atoms with van der Waals surface area (Å²) in [6.45, 7) is 12.3. The number of nitrogens with one attached hydrogen (secondary N) is 1. The van der Waals surface area contributed by atoms with Gasteiger partial charge in [0.05, 0.1) is 0 Å².